The molecule has 4 nitrogen and oxygen atoms in total. The summed E-state index contributed by atoms with van der Waals surface area (Å²) in [5.74, 6) is 0.186. The molecule has 1 rings (SSSR count). The molecule has 4 heteroatoms. The fraction of sp³-hybridized carbons (Fsp3) is 0.786. The van der Waals surface area contributed by atoms with E-state index < -0.39 is 0 Å². The van der Waals surface area contributed by atoms with E-state index in [1.165, 1.54) is 12.1 Å². The van der Waals surface area contributed by atoms with Gasteiger partial charge in [0.05, 0.1) is 6.54 Å². The van der Waals surface area contributed by atoms with Crippen LogP contribution in [0.2, 0.25) is 0 Å². The number of likely N-dealkylation sites (N-methyl/N-ethyl adjacent to an activating group) is 2. The first-order chi connectivity index (χ1) is 8.72. The van der Waals surface area contributed by atoms with Gasteiger partial charge < -0.3 is 10.0 Å². The van der Waals surface area contributed by atoms with E-state index in [-0.39, 0.29) is 12.5 Å². The molecule has 0 aromatic rings. The van der Waals surface area contributed by atoms with Crippen molar-refractivity contribution < 1.29 is 9.90 Å². The van der Waals surface area contributed by atoms with Gasteiger partial charge in [0.2, 0.25) is 5.91 Å². The molecule has 0 aliphatic heterocycles. The van der Waals surface area contributed by atoms with Crippen molar-refractivity contribution in [3.63, 3.8) is 0 Å². The molecule has 18 heavy (non-hydrogen) atoms. The van der Waals surface area contributed by atoms with Crippen LogP contribution in [0.15, 0.2) is 11.8 Å². The zero-order chi connectivity index (χ0) is 13.4. The maximum absolute atomic E-state index is 12.3. The van der Waals surface area contributed by atoms with Gasteiger partial charge in [0, 0.05) is 25.4 Å². The lowest BCUT2D eigenvalue weighted by atomic mass is 10.3. The largest absolute Gasteiger partial charge is 0.396 e. The molecule has 1 amide bonds. The van der Waals surface area contributed by atoms with Gasteiger partial charge in [-0.05, 0) is 39.2 Å². The highest BCUT2D eigenvalue weighted by Gasteiger charge is 2.20. The number of carbonyl (C=O) groups is 1. The highest BCUT2D eigenvalue weighted by atomic mass is 16.3. The predicted octanol–water partition coefficient (Wildman–Crippen LogP) is 1.61. The van der Waals surface area contributed by atoms with Gasteiger partial charge in [0.15, 0.2) is 0 Å². The van der Waals surface area contributed by atoms with E-state index in [0.717, 1.165) is 38.9 Å². The first-order valence-corrected chi connectivity index (χ1v) is 7.05. The van der Waals surface area contributed by atoms with E-state index in [1.807, 2.05) is 11.8 Å². The van der Waals surface area contributed by atoms with Crippen molar-refractivity contribution in [3.8, 4) is 0 Å². The summed E-state index contributed by atoms with van der Waals surface area (Å²) >= 11 is 0. The molecule has 0 unspecified atom stereocenters. The summed E-state index contributed by atoms with van der Waals surface area (Å²) in [6.45, 7) is 7.12. The van der Waals surface area contributed by atoms with E-state index in [1.54, 1.807) is 0 Å². The normalized spacial score (nSPS) is 15.0. The third-order valence-corrected chi connectivity index (χ3v) is 3.42. The quantitative estimate of drug-likeness (QED) is 0.715. The number of hydrogen-bond acceptors (Lipinski definition) is 3. The molecule has 0 heterocycles. The summed E-state index contributed by atoms with van der Waals surface area (Å²) in [5.41, 5.74) is 1.20. The van der Waals surface area contributed by atoms with Gasteiger partial charge in [-0.1, -0.05) is 13.0 Å². The Bertz CT molecular complexity index is 290. The van der Waals surface area contributed by atoms with Crippen LogP contribution in [0.25, 0.3) is 0 Å². The molecule has 1 N–H and O–H groups in total. The van der Waals surface area contributed by atoms with E-state index in [9.17, 15) is 4.79 Å². The van der Waals surface area contributed by atoms with Crippen LogP contribution in [0, 0.1) is 0 Å². The van der Waals surface area contributed by atoms with Gasteiger partial charge in [-0.15, -0.1) is 0 Å². The van der Waals surface area contributed by atoms with Gasteiger partial charge in [-0.2, -0.15) is 0 Å². The van der Waals surface area contributed by atoms with E-state index in [0.29, 0.717) is 6.54 Å². The Morgan fingerprint density at radius 1 is 1.39 bits per heavy atom. The number of nitrogens with zero attached hydrogens (tertiary/aromatic N) is 2. The first-order valence-electron chi connectivity index (χ1n) is 7.05. The van der Waals surface area contributed by atoms with Crippen LogP contribution in [0.5, 0.6) is 0 Å². The van der Waals surface area contributed by atoms with Crippen molar-refractivity contribution in [2.24, 2.45) is 0 Å². The van der Waals surface area contributed by atoms with Crippen molar-refractivity contribution >= 4 is 5.91 Å². The van der Waals surface area contributed by atoms with Crippen molar-refractivity contribution in [2.75, 3.05) is 32.8 Å². The maximum Gasteiger partial charge on any atom is 0.240 e. The van der Waals surface area contributed by atoms with E-state index in [2.05, 4.69) is 17.9 Å². The molecule has 0 aromatic carbocycles. The molecule has 0 saturated carbocycles. The highest BCUT2D eigenvalue weighted by molar-refractivity contribution is 5.80. The zero-order valence-corrected chi connectivity index (χ0v) is 11.7. The van der Waals surface area contributed by atoms with Crippen molar-refractivity contribution in [1.29, 1.82) is 0 Å². The number of allylic oxidation sites excluding steroid dienone is 2. The zero-order valence-electron chi connectivity index (χ0n) is 11.7. The molecule has 1 aliphatic rings. The third kappa shape index (κ3) is 4.42. The Labute approximate surface area is 110 Å². The molecule has 0 atom stereocenters. The van der Waals surface area contributed by atoms with Gasteiger partial charge in [-0.3, -0.25) is 9.69 Å². The summed E-state index contributed by atoms with van der Waals surface area (Å²) < 4.78 is 0. The SMILES string of the molecule is CCN(CCCO)CC(=O)N(CC)C1=CCCC1. The number of aliphatic hydroxyl groups excluding tert-OH is 1. The number of hydrogen-bond donors (Lipinski definition) is 1. The summed E-state index contributed by atoms with van der Waals surface area (Å²) in [6, 6.07) is 0. The molecule has 0 saturated heterocycles. The first kappa shape index (κ1) is 15.2. The van der Waals surface area contributed by atoms with Gasteiger partial charge in [0.25, 0.3) is 0 Å². The Morgan fingerprint density at radius 2 is 2.17 bits per heavy atom. The van der Waals surface area contributed by atoms with Gasteiger partial charge in [0.1, 0.15) is 0 Å². The fourth-order valence-corrected chi connectivity index (χ4v) is 2.36. The standard InChI is InChI=1S/C14H26N2O2/c1-3-15(10-7-11-17)12-14(18)16(4-2)13-8-5-6-9-13/h8,17H,3-7,9-12H2,1-2H3. The smallest absolute Gasteiger partial charge is 0.240 e. The molecule has 0 fully saturated rings. The number of carbonyl (C=O) groups excluding carboxylic acids is 1. The third-order valence-electron chi connectivity index (χ3n) is 3.42. The lowest BCUT2D eigenvalue weighted by Gasteiger charge is -2.26. The van der Waals surface area contributed by atoms with Crippen molar-refractivity contribution in [2.45, 2.75) is 39.5 Å². The lowest BCUT2D eigenvalue weighted by molar-refractivity contribution is -0.130. The minimum absolute atomic E-state index is 0.186. The highest BCUT2D eigenvalue weighted by Crippen LogP contribution is 2.21. The predicted molar refractivity (Wildman–Crippen MR) is 73.1 cm³/mol. The topological polar surface area (TPSA) is 43.8 Å². The molecule has 0 bridgehead atoms. The van der Waals surface area contributed by atoms with E-state index in [4.69, 9.17) is 5.11 Å². The summed E-state index contributed by atoms with van der Waals surface area (Å²) in [4.78, 5) is 16.3. The maximum atomic E-state index is 12.3. The van der Waals surface area contributed by atoms with Crippen LogP contribution in [-0.4, -0.2) is 53.6 Å². The minimum Gasteiger partial charge on any atom is -0.396 e. The van der Waals surface area contributed by atoms with Gasteiger partial charge >= 0.3 is 0 Å². The summed E-state index contributed by atoms with van der Waals surface area (Å²) in [6.07, 6.45) is 6.21. The minimum atomic E-state index is 0.186. The van der Waals surface area contributed by atoms with Crippen LogP contribution in [0.1, 0.15) is 39.5 Å². The molecular formula is C14H26N2O2. The monoisotopic (exact) mass is 254 g/mol. The molecule has 1 aliphatic carbocycles. The average Bonchev–Trinajstić information content (AvgIpc) is 2.89. The number of amides is 1. The second kappa shape index (κ2) is 8.27. The molecule has 104 valence electrons. The Hall–Kier alpha value is -0.870. The van der Waals surface area contributed by atoms with Crippen LogP contribution < -0.4 is 0 Å². The van der Waals surface area contributed by atoms with Crippen molar-refractivity contribution in [1.82, 2.24) is 9.80 Å². The molecule has 0 radical (unpaired) electrons. The summed E-state index contributed by atoms with van der Waals surface area (Å²) in [7, 11) is 0. The van der Waals surface area contributed by atoms with Crippen LogP contribution in [0.4, 0.5) is 0 Å². The second-order valence-electron chi connectivity index (χ2n) is 4.67. The Balaban J connectivity index is 2.50. The lowest BCUT2D eigenvalue weighted by Crippen LogP contribution is -2.40. The van der Waals surface area contributed by atoms with Gasteiger partial charge in [-0.25, -0.2) is 0 Å². The summed E-state index contributed by atoms with van der Waals surface area (Å²) in [5, 5.41) is 8.84. The van der Waals surface area contributed by atoms with Crippen LogP contribution >= 0.6 is 0 Å². The fourth-order valence-electron chi connectivity index (χ4n) is 2.36. The average molecular weight is 254 g/mol. The second-order valence-corrected chi connectivity index (χ2v) is 4.67. The molecule has 0 aromatic heterocycles. The molecular weight excluding hydrogens is 228 g/mol. The Morgan fingerprint density at radius 3 is 2.67 bits per heavy atom. The molecule has 0 spiro atoms. The number of rotatable bonds is 8. The van der Waals surface area contributed by atoms with Crippen LogP contribution in [-0.2, 0) is 4.79 Å². The Kier molecular flexibility index (Phi) is 6.98. The van der Waals surface area contributed by atoms with Crippen LogP contribution in [0.3, 0.4) is 0 Å². The number of aliphatic hydroxyl groups is 1. The van der Waals surface area contributed by atoms with Crippen molar-refractivity contribution in [3.05, 3.63) is 11.8 Å². The van der Waals surface area contributed by atoms with E-state index >= 15 is 0 Å².